The molecule has 0 radical (unpaired) electrons. The van der Waals surface area contributed by atoms with Gasteiger partial charge >= 0.3 is 5.97 Å². The quantitative estimate of drug-likeness (QED) is 0.752. The highest BCUT2D eigenvalue weighted by molar-refractivity contribution is 5.75. The minimum absolute atomic E-state index is 0.170. The van der Waals surface area contributed by atoms with Gasteiger partial charge in [-0.15, -0.1) is 0 Å². The van der Waals surface area contributed by atoms with E-state index in [4.69, 9.17) is 14.6 Å². The molecule has 1 fully saturated rings. The average molecular weight is 208 g/mol. The van der Waals surface area contributed by atoms with Crippen LogP contribution in [-0.4, -0.2) is 30.4 Å². The highest BCUT2D eigenvalue weighted by Crippen LogP contribution is 2.26. The number of carbonyl (C=O) groups is 1. The van der Waals surface area contributed by atoms with E-state index >= 15 is 0 Å². The van der Waals surface area contributed by atoms with Gasteiger partial charge in [-0.2, -0.15) is 0 Å². The second-order valence-electron chi connectivity index (χ2n) is 3.49. The highest BCUT2D eigenvalue weighted by Gasteiger charge is 2.44. The van der Waals surface area contributed by atoms with Crippen molar-refractivity contribution >= 4 is 5.97 Å². The molecule has 15 heavy (non-hydrogen) atoms. The van der Waals surface area contributed by atoms with Crippen LogP contribution in [-0.2, 0) is 16.0 Å². The first-order chi connectivity index (χ1) is 7.20. The molecule has 1 aliphatic heterocycles. The van der Waals surface area contributed by atoms with E-state index in [9.17, 15) is 4.79 Å². The molecule has 80 valence electrons. The van der Waals surface area contributed by atoms with Crippen molar-refractivity contribution in [2.75, 3.05) is 7.11 Å². The molecular weight excluding hydrogens is 196 g/mol. The van der Waals surface area contributed by atoms with Crippen LogP contribution >= 0.6 is 0 Å². The van der Waals surface area contributed by atoms with E-state index in [0.717, 1.165) is 11.3 Å². The van der Waals surface area contributed by atoms with Gasteiger partial charge in [0.25, 0.3) is 0 Å². The number of methoxy groups -OCH3 is 1. The fraction of sp³-hybridized carbons (Fsp3) is 0.364. The topological polar surface area (TPSA) is 59.1 Å². The number of carboxylic acid groups (broad SMARTS) is 1. The van der Waals surface area contributed by atoms with Crippen molar-refractivity contribution in [1.29, 1.82) is 0 Å². The molecule has 1 aliphatic rings. The zero-order valence-corrected chi connectivity index (χ0v) is 8.34. The summed E-state index contributed by atoms with van der Waals surface area (Å²) in [5.41, 5.74) is 1.06. The van der Waals surface area contributed by atoms with Gasteiger partial charge in [0.15, 0.2) is 6.10 Å². The SMILES string of the molecule is COc1ccc(C[C@@H]2O[C@H]2C(=O)O)cc1. The maximum Gasteiger partial charge on any atom is 0.335 e. The summed E-state index contributed by atoms with van der Waals surface area (Å²) in [7, 11) is 1.61. The summed E-state index contributed by atoms with van der Waals surface area (Å²) in [6.45, 7) is 0. The van der Waals surface area contributed by atoms with Crippen molar-refractivity contribution < 1.29 is 19.4 Å². The lowest BCUT2D eigenvalue weighted by molar-refractivity contribution is -0.138. The molecule has 2 atom stereocenters. The summed E-state index contributed by atoms with van der Waals surface area (Å²) in [6.07, 6.45) is -0.149. The largest absolute Gasteiger partial charge is 0.497 e. The third-order valence-electron chi connectivity index (χ3n) is 2.42. The van der Waals surface area contributed by atoms with Crippen LogP contribution in [0.3, 0.4) is 0 Å². The molecule has 0 aromatic heterocycles. The second-order valence-corrected chi connectivity index (χ2v) is 3.49. The fourth-order valence-electron chi connectivity index (χ4n) is 1.51. The summed E-state index contributed by atoms with van der Waals surface area (Å²) in [5, 5.41) is 8.64. The maximum absolute atomic E-state index is 10.5. The van der Waals surface area contributed by atoms with E-state index in [2.05, 4.69) is 0 Å². The summed E-state index contributed by atoms with van der Waals surface area (Å²) >= 11 is 0. The zero-order valence-electron chi connectivity index (χ0n) is 8.34. The average Bonchev–Trinajstić information content (AvgIpc) is 2.98. The molecule has 0 aliphatic carbocycles. The summed E-state index contributed by atoms with van der Waals surface area (Å²) in [6, 6.07) is 7.54. The first-order valence-corrected chi connectivity index (χ1v) is 4.72. The molecule has 1 aromatic rings. The van der Waals surface area contributed by atoms with Crippen LogP contribution in [0.1, 0.15) is 5.56 Å². The minimum Gasteiger partial charge on any atom is -0.497 e. The molecule has 1 heterocycles. The monoisotopic (exact) mass is 208 g/mol. The lowest BCUT2D eigenvalue weighted by Crippen LogP contribution is -2.09. The Morgan fingerprint density at radius 1 is 1.47 bits per heavy atom. The van der Waals surface area contributed by atoms with Gasteiger partial charge in [-0.05, 0) is 17.7 Å². The van der Waals surface area contributed by atoms with Gasteiger partial charge in [-0.1, -0.05) is 12.1 Å². The van der Waals surface area contributed by atoms with Crippen molar-refractivity contribution in [2.45, 2.75) is 18.6 Å². The number of aliphatic carboxylic acids is 1. The first kappa shape index (κ1) is 9.98. The van der Waals surface area contributed by atoms with Crippen molar-refractivity contribution in [2.24, 2.45) is 0 Å². The molecule has 0 bridgehead atoms. The molecule has 0 saturated carbocycles. The Labute approximate surface area is 87.4 Å². The van der Waals surface area contributed by atoms with E-state index in [1.54, 1.807) is 7.11 Å². The molecule has 0 spiro atoms. The molecule has 0 unspecified atom stereocenters. The van der Waals surface area contributed by atoms with E-state index < -0.39 is 12.1 Å². The van der Waals surface area contributed by atoms with Crippen molar-refractivity contribution in [3.63, 3.8) is 0 Å². The van der Waals surface area contributed by atoms with Gasteiger partial charge in [-0.25, -0.2) is 4.79 Å². The van der Waals surface area contributed by atoms with Gasteiger partial charge in [0.2, 0.25) is 0 Å². The number of ether oxygens (including phenoxy) is 2. The predicted molar refractivity (Wildman–Crippen MR) is 53.0 cm³/mol. The molecule has 4 heteroatoms. The van der Waals surface area contributed by atoms with Crippen molar-refractivity contribution in [3.8, 4) is 5.75 Å². The summed E-state index contributed by atoms with van der Waals surface area (Å²) in [4.78, 5) is 10.5. The molecule has 0 amide bonds. The van der Waals surface area contributed by atoms with Crippen LogP contribution in [0.5, 0.6) is 5.75 Å². The number of hydrogen-bond acceptors (Lipinski definition) is 3. The Morgan fingerprint density at radius 2 is 2.13 bits per heavy atom. The molecular formula is C11H12O4. The van der Waals surface area contributed by atoms with Crippen molar-refractivity contribution in [1.82, 2.24) is 0 Å². The highest BCUT2D eigenvalue weighted by atomic mass is 16.6. The molecule has 4 nitrogen and oxygen atoms in total. The molecule has 1 saturated heterocycles. The lowest BCUT2D eigenvalue weighted by atomic mass is 10.1. The third-order valence-corrected chi connectivity index (χ3v) is 2.42. The molecule has 2 rings (SSSR count). The summed E-state index contributed by atoms with van der Waals surface area (Å²) in [5.74, 6) is -0.0845. The number of rotatable bonds is 4. The van der Waals surface area contributed by atoms with Gasteiger partial charge in [0.05, 0.1) is 13.2 Å². The Balaban J connectivity index is 1.92. The normalized spacial score (nSPS) is 23.5. The molecule has 1 aromatic carbocycles. The van der Waals surface area contributed by atoms with Crippen LogP contribution < -0.4 is 4.74 Å². The Bertz CT molecular complexity index is 357. The van der Waals surface area contributed by atoms with Crippen molar-refractivity contribution in [3.05, 3.63) is 29.8 Å². The fourth-order valence-corrected chi connectivity index (χ4v) is 1.51. The zero-order chi connectivity index (χ0) is 10.8. The maximum atomic E-state index is 10.5. The van der Waals surface area contributed by atoms with Crippen LogP contribution in [0.2, 0.25) is 0 Å². The molecule has 1 N–H and O–H groups in total. The standard InChI is InChI=1S/C11H12O4/c1-14-8-4-2-7(3-5-8)6-9-10(15-9)11(12)13/h2-5,9-10H,6H2,1H3,(H,12,13)/t9-,10+/m0/s1. The first-order valence-electron chi connectivity index (χ1n) is 4.72. The Hall–Kier alpha value is -1.55. The van der Waals surface area contributed by atoms with Crippen LogP contribution in [0.4, 0.5) is 0 Å². The van der Waals surface area contributed by atoms with Gasteiger partial charge in [0.1, 0.15) is 5.75 Å². The number of carboxylic acids is 1. The minimum atomic E-state index is -0.881. The predicted octanol–water partition coefficient (Wildman–Crippen LogP) is 1.09. The van der Waals surface area contributed by atoms with Crippen LogP contribution in [0.15, 0.2) is 24.3 Å². The van der Waals surface area contributed by atoms with Gasteiger partial charge in [0, 0.05) is 6.42 Å². The Morgan fingerprint density at radius 3 is 2.60 bits per heavy atom. The van der Waals surface area contributed by atoms with Crippen LogP contribution in [0, 0.1) is 0 Å². The van der Waals surface area contributed by atoms with E-state index in [1.807, 2.05) is 24.3 Å². The van der Waals surface area contributed by atoms with E-state index in [0.29, 0.717) is 6.42 Å². The van der Waals surface area contributed by atoms with E-state index in [1.165, 1.54) is 0 Å². The van der Waals surface area contributed by atoms with Gasteiger partial charge in [-0.3, -0.25) is 0 Å². The smallest absolute Gasteiger partial charge is 0.335 e. The third kappa shape index (κ3) is 2.27. The van der Waals surface area contributed by atoms with Gasteiger partial charge < -0.3 is 14.6 Å². The number of epoxide rings is 1. The lowest BCUT2D eigenvalue weighted by Gasteiger charge is -2.00. The second kappa shape index (κ2) is 3.90. The Kier molecular flexibility index (Phi) is 2.60. The number of hydrogen-bond donors (Lipinski definition) is 1. The summed E-state index contributed by atoms with van der Waals surface area (Å²) < 4.78 is 10.0. The van der Waals surface area contributed by atoms with E-state index in [-0.39, 0.29) is 6.10 Å². The van der Waals surface area contributed by atoms with Crippen LogP contribution in [0.25, 0.3) is 0 Å². The number of benzene rings is 1.